The number of phenols is 1. The van der Waals surface area contributed by atoms with Gasteiger partial charge in [-0.15, -0.1) is 0 Å². The molecular formula is C11H12FNO. The molecule has 0 bridgehead atoms. The second-order valence-corrected chi connectivity index (χ2v) is 2.79. The molecule has 2 nitrogen and oxygen atoms in total. The smallest absolute Gasteiger partial charge is 0.167 e. The molecule has 3 heteroatoms. The quantitative estimate of drug-likeness (QED) is 0.551. The third kappa shape index (κ3) is 2.75. The molecule has 0 spiro atoms. The molecule has 0 heterocycles. The average molecular weight is 193 g/mol. The Kier molecular flexibility index (Phi) is 3.96. The SMILES string of the molecule is CNCCC#Cc1cccc(F)c1O. The van der Waals surface area contributed by atoms with E-state index >= 15 is 0 Å². The summed E-state index contributed by atoms with van der Waals surface area (Å²) in [5.74, 6) is 4.54. The highest BCUT2D eigenvalue weighted by Crippen LogP contribution is 2.19. The second-order valence-electron chi connectivity index (χ2n) is 2.79. The first-order chi connectivity index (χ1) is 6.75. The summed E-state index contributed by atoms with van der Waals surface area (Å²) in [4.78, 5) is 0. The van der Waals surface area contributed by atoms with E-state index in [0.717, 1.165) is 6.54 Å². The number of para-hydroxylation sites is 1. The van der Waals surface area contributed by atoms with Gasteiger partial charge in [0.15, 0.2) is 11.6 Å². The first-order valence-corrected chi connectivity index (χ1v) is 4.36. The summed E-state index contributed by atoms with van der Waals surface area (Å²) >= 11 is 0. The normalized spacial score (nSPS) is 9.29. The van der Waals surface area contributed by atoms with Gasteiger partial charge >= 0.3 is 0 Å². The molecule has 1 aromatic rings. The van der Waals surface area contributed by atoms with E-state index in [-0.39, 0.29) is 5.75 Å². The number of halogens is 1. The number of rotatable bonds is 2. The number of aromatic hydroxyl groups is 1. The third-order valence-electron chi connectivity index (χ3n) is 1.71. The molecule has 1 rings (SSSR count). The zero-order valence-corrected chi connectivity index (χ0v) is 7.97. The van der Waals surface area contributed by atoms with Crippen LogP contribution in [-0.4, -0.2) is 18.7 Å². The lowest BCUT2D eigenvalue weighted by atomic mass is 10.2. The fraction of sp³-hybridized carbons (Fsp3) is 0.273. The fourth-order valence-corrected chi connectivity index (χ4v) is 0.961. The van der Waals surface area contributed by atoms with Crippen LogP contribution in [0.2, 0.25) is 0 Å². The summed E-state index contributed by atoms with van der Waals surface area (Å²) in [6.07, 6.45) is 0.673. The number of hydrogen-bond donors (Lipinski definition) is 2. The number of nitrogens with one attached hydrogen (secondary N) is 1. The predicted octanol–water partition coefficient (Wildman–Crippen LogP) is 1.49. The van der Waals surface area contributed by atoms with Crippen LogP contribution in [0.3, 0.4) is 0 Å². The highest BCUT2D eigenvalue weighted by molar-refractivity contribution is 5.45. The maximum Gasteiger partial charge on any atom is 0.167 e. The van der Waals surface area contributed by atoms with Crippen LogP contribution in [0.4, 0.5) is 4.39 Å². The van der Waals surface area contributed by atoms with Crippen LogP contribution < -0.4 is 5.32 Å². The minimum atomic E-state index is -0.634. The summed E-state index contributed by atoms with van der Waals surface area (Å²) in [5, 5.41) is 12.2. The van der Waals surface area contributed by atoms with Gasteiger partial charge in [0.1, 0.15) is 0 Å². The largest absolute Gasteiger partial charge is 0.504 e. The van der Waals surface area contributed by atoms with Gasteiger partial charge in [0, 0.05) is 13.0 Å². The first kappa shape index (κ1) is 10.6. The molecule has 0 atom stereocenters. The minimum Gasteiger partial charge on any atom is -0.504 e. The van der Waals surface area contributed by atoms with Crippen molar-refractivity contribution in [3.63, 3.8) is 0 Å². The molecule has 0 saturated heterocycles. The molecule has 74 valence electrons. The molecule has 0 aliphatic heterocycles. The second kappa shape index (κ2) is 5.25. The highest BCUT2D eigenvalue weighted by atomic mass is 19.1. The molecule has 0 aromatic heterocycles. The maximum atomic E-state index is 12.8. The molecular weight excluding hydrogens is 181 g/mol. The Morgan fingerprint density at radius 1 is 1.50 bits per heavy atom. The van der Waals surface area contributed by atoms with Crippen molar-refractivity contribution in [3.05, 3.63) is 29.6 Å². The van der Waals surface area contributed by atoms with Gasteiger partial charge in [0.05, 0.1) is 5.56 Å². The van der Waals surface area contributed by atoms with Crippen molar-refractivity contribution < 1.29 is 9.50 Å². The third-order valence-corrected chi connectivity index (χ3v) is 1.71. The van der Waals surface area contributed by atoms with Crippen molar-refractivity contribution in [1.82, 2.24) is 5.32 Å². The molecule has 0 amide bonds. The molecule has 0 aliphatic carbocycles. The summed E-state index contributed by atoms with van der Waals surface area (Å²) in [6.45, 7) is 0.781. The Balaban J connectivity index is 2.74. The maximum absolute atomic E-state index is 12.8. The van der Waals surface area contributed by atoms with Gasteiger partial charge in [-0.25, -0.2) is 4.39 Å². The van der Waals surface area contributed by atoms with Crippen LogP contribution in [0.25, 0.3) is 0 Å². The van der Waals surface area contributed by atoms with Crippen molar-refractivity contribution in [1.29, 1.82) is 0 Å². The first-order valence-electron chi connectivity index (χ1n) is 4.36. The lowest BCUT2D eigenvalue weighted by molar-refractivity contribution is 0.431. The summed E-state index contributed by atoms with van der Waals surface area (Å²) in [7, 11) is 1.83. The molecule has 0 radical (unpaired) electrons. The van der Waals surface area contributed by atoms with Gasteiger partial charge < -0.3 is 10.4 Å². The molecule has 2 N–H and O–H groups in total. The van der Waals surface area contributed by atoms with Gasteiger partial charge in [-0.05, 0) is 19.2 Å². The Morgan fingerprint density at radius 2 is 2.29 bits per heavy atom. The Hall–Kier alpha value is -1.53. The van der Waals surface area contributed by atoms with Crippen LogP contribution in [0, 0.1) is 17.7 Å². The lowest BCUT2D eigenvalue weighted by Crippen LogP contribution is -2.05. The zero-order chi connectivity index (χ0) is 10.4. The Labute approximate surface area is 82.8 Å². The topological polar surface area (TPSA) is 32.3 Å². The van der Waals surface area contributed by atoms with E-state index in [2.05, 4.69) is 17.2 Å². The molecule has 1 aromatic carbocycles. The van der Waals surface area contributed by atoms with Crippen LogP contribution in [0.5, 0.6) is 5.75 Å². The Morgan fingerprint density at radius 3 is 3.00 bits per heavy atom. The lowest BCUT2D eigenvalue weighted by Gasteiger charge is -1.96. The van der Waals surface area contributed by atoms with Gasteiger partial charge in [-0.3, -0.25) is 0 Å². The predicted molar refractivity (Wildman–Crippen MR) is 53.5 cm³/mol. The minimum absolute atomic E-state index is 0.334. The Bertz CT molecular complexity index is 365. The van der Waals surface area contributed by atoms with Crippen LogP contribution in [0.15, 0.2) is 18.2 Å². The number of hydrogen-bond acceptors (Lipinski definition) is 2. The molecule has 0 saturated carbocycles. The molecule has 0 aliphatic rings. The van der Waals surface area contributed by atoms with E-state index < -0.39 is 5.82 Å². The molecule has 0 unspecified atom stereocenters. The summed E-state index contributed by atoms with van der Waals surface area (Å²) < 4.78 is 12.8. The van der Waals surface area contributed by atoms with Crippen LogP contribution in [0.1, 0.15) is 12.0 Å². The van der Waals surface area contributed by atoms with E-state index in [1.165, 1.54) is 12.1 Å². The van der Waals surface area contributed by atoms with Crippen LogP contribution >= 0.6 is 0 Å². The summed E-state index contributed by atoms with van der Waals surface area (Å²) in [6, 6.07) is 4.32. The van der Waals surface area contributed by atoms with Crippen LogP contribution in [-0.2, 0) is 0 Å². The fourth-order valence-electron chi connectivity index (χ4n) is 0.961. The zero-order valence-electron chi connectivity index (χ0n) is 7.97. The van der Waals surface area contributed by atoms with Crippen molar-refractivity contribution in [2.24, 2.45) is 0 Å². The van der Waals surface area contributed by atoms with E-state index in [9.17, 15) is 9.50 Å². The average Bonchev–Trinajstić information content (AvgIpc) is 2.19. The van der Waals surface area contributed by atoms with Gasteiger partial charge in [0.25, 0.3) is 0 Å². The van der Waals surface area contributed by atoms with Crippen molar-refractivity contribution in [2.45, 2.75) is 6.42 Å². The van der Waals surface area contributed by atoms with E-state index in [1.54, 1.807) is 6.07 Å². The van der Waals surface area contributed by atoms with Gasteiger partial charge in [-0.1, -0.05) is 17.9 Å². The van der Waals surface area contributed by atoms with Gasteiger partial charge in [-0.2, -0.15) is 0 Å². The van der Waals surface area contributed by atoms with E-state index in [4.69, 9.17) is 0 Å². The molecule has 14 heavy (non-hydrogen) atoms. The van der Waals surface area contributed by atoms with Crippen molar-refractivity contribution in [2.75, 3.05) is 13.6 Å². The van der Waals surface area contributed by atoms with Crippen molar-refractivity contribution in [3.8, 4) is 17.6 Å². The van der Waals surface area contributed by atoms with Crippen molar-refractivity contribution >= 4 is 0 Å². The van der Waals surface area contributed by atoms with E-state index in [0.29, 0.717) is 12.0 Å². The number of phenolic OH excluding ortho intramolecular Hbond substituents is 1. The molecule has 0 fully saturated rings. The standard InChI is InChI=1S/C11H12FNO/c1-13-8-3-2-5-9-6-4-7-10(12)11(9)14/h4,6-7,13-14H,3,8H2,1H3. The monoisotopic (exact) mass is 193 g/mol. The summed E-state index contributed by atoms with van der Waals surface area (Å²) in [5.41, 5.74) is 0.334. The van der Waals surface area contributed by atoms with E-state index in [1.807, 2.05) is 7.05 Å². The van der Waals surface area contributed by atoms with Gasteiger partial charge in [0.2, 0.25) is 0 Å². The number of benzene rings is 1. The highest BCUT2D eigenvalue weighted by Gasteiger charge is 2.02.